The maximum absolute atomic E-state index is 12.7. The number of carbonyl (C=O) groups is 3. The van der Waals surface area contributed by atoms with E-state index in [-0.39, 0.29) is 18.0 Å². The van der Waals surface area contributed by atoms with Gasteiger partial charge in [0.05, 0.1) is 4.90 Å². The molecule has 2 saturated heterocycles. The van der Waals surface area contributed by atoms with E-state index < -0.39 is 39.3 Å². The van der Waals surface area contributed by atoms with Gasteiger partial charge in [-0.3, -0.25) is 15.0 Å². The van der Waals surface area contributed by atoms with Crippen LogP contribution in [0.3, 0.4) is 0 Å². The molecule has 0 saturated carbocycles. The number of rotatable bonds is 5. The number of hydrogen-bond donors (Lipinski definition) is 2. The van der Waals surface area contributed by atoms with Gasteiger partial charge in [-0.1, -0.05) is 25.1 Å². The Morgan fingerprint density at radius 2 is 1.82 bits per heavy atom. The molecule has 0 aromatic heterocycles. The van der Waals surface area contributed by atoms with E-state index in [1.807, 2.05) is 0 Å². The van der Waals surface area contributed by atoms with E-state index in [0.29, 0.717) is 19.3 Å². The third-order valence-corrected chi connectivity index (χ3v) is 7.31. The summed E-state index contributed by atoms with van der Waals surface area (Å²) in [4.78, 5) is 37.1. The molecule has 0 unspecified atom stereocenters. The summed E-state index contributed by atoms with van der Waals surface area (Å²) < 4.78 is 26.7. The molecular formula is C18H24N4O5S. The molecule has 2 N–H and O–H groups in total. The lowest BCUT2D eigenvalue weighted by molar-refractivity contribution is -0.140. The number of nitrogens with zero attached hydrogens (tertiary/aromatic N) is 2. The Kier molecular flexibility index (Phi) is 5.44. The first kappa shape index (κ1) is 20.3. The van der Waals surface area contributed by atoms with Crippen LogP contribution in [0.5, 0.6) is 0 Å². The fourth-order valence-electron chi connectivity index (χ4n) is 3.33. The third kappa shape index (κ3) is 3.61. The van der Waals surface area contributed by atoms with E-state index in [2.05, 4.69) is 10.7 Å². The van der Waals surface area contributed by atoms with Crippen LogP contribution >= 0.6 is 0 Å². The Hall–Kier alpha value is -2.46. The van der Waals surface area contributed by atoms with Crippen LogP contribution < -0.4 is 10.7 Å². The number of nitrogens with one attached hydrogen (secondary N) is 2. The molecule has 0 radical (unpaired) electrons. The number of urea groups is 1. The second-order valence-electron chi connectivity index (χ2n) is 7.22. The van der Waals surface area contributed by atoms with Crippen LogP contribution in [0.25, 0.3) is 0 Å². The Labute approximate surface area is 164 Å². The topological polar surface area (TPSA) is 116 Å². The molecule has 0 aliphatic carbocycles. The highest BCUT2D eigenvalue weighted by Crippen LogP contribution is 2.25. The van der Waals surface area contributed by atoms with E-state index in [0.717, 1.165) is 5.01 Å². The molecule has 9 nitrogen and oxygen atoms in total. The van der Waals surface area contributed by atoms with Crippen molar-refractivity contribution >= 4 is 27.9 Å². The number of sulfonamides is 1. The molecule has 3 rings (SSSR count). The second-order valence-corrected chi connectivity index (χ2v) is 9.16. The zero-order valence-corrected chi connectivity index (χ0v) is 16.7. The largest absolute Gasteiger partial charge is 0.344 e. The first-order valence-electron chi connectivity index (χ1n) is 9.21. The van der Waals surface area contributed by atoms with Crippen molar-refractivity contribution in [2.45, 2.75) is 43.5 Å². The van der Waals surface area contributed by atoms with Crippen LogP contribution in [-0.4, -0.2) is 54.2 Å². The first-order chi connectivity index (χ1) is 13.2. The maximum Gasteiger partial charge on any atom is 0.344 e. The molecule has 2 aliphatic rings. The summed E-state index contributed by atoms with van der Waals surface area (Å²) in [6.45, 7) is 3.77. The lowest BCUT2D eigenvalue weighted by atomic mass is 9.97. The van der Waals surface area contributed by atoms with Gasteiger partial charge in [0.15, 0.2) is 0 Å². The molecule has 152 valence electrons. The summed E-state index contributed by atoms with van der Waals surface area (Å²) >= 11 is 0. The minimum absolute atomic E-state index is 0.197. The molecule has 2 aliphatic heterocycles. The Balaban J connectivity index is 1.60. The maximum atomic E-state index is 12.7. The molecule has 0 spiro atoms. The normalized spacial score (nSPS) is 24.3. The van der Waals surface area contributed by atoms with Gasteiger partial charge in [-0.25, -0.2) is 13.2 Å². The highest BCUT2D eigenvalue weighted by atomic mass is 32.2. The predicted molar refractivity (Wildman–Crippen MR) is 100 cm³/mol. The second kappa shape index (κ2) is 7.51. The molecule has 4 amide bonds. The van der Waals surface area contributed by atoms with Gasteiger partial charge in [0.2, 0.25) is 15.9 Å². The number of carbonyl (C=O) groups excluding carboxylic acids is 3. The monoisotopic (exact) mass is 408 g/mol. The van der Waals surface area contributed by atoms with Crippen LogP contribution in [0.2, 0.25) is 0 Å². The van der Waals surface area contributed by atoms with Crippen molar-refractivity contribution in [1.29, 1.82) is 0 Å². The number of benzene rings is 1. The van der Waals surface area contributed by atoms with E-state index in [1.165, 1.54) is 16.4 Å². The summed E-state index contributed by atoms with van der Waals surface area (Å²) in [7, 11) is -3.60. The zero-order valence-electron chi connectivity index (χ0n) is 15.8. The van der Waals surface area contributed by atoms with Crippen LogP contribution in [0.15, 0.2) is 35.2 Å². The van der Waals surface area contributed by atoms with Crippen LogP contribution in [0.4, 0.5) is 4.79 Å². The Morgan fingerprint density at radius 1 is 1.21 bits per heavy atom. The SMILES string of the molecule is CC[C@]1(C)NC(=O)N(NC(=O)C2CCN(S(=O)(=O)c3ccccc3)CC2)C1=O. The fraction of sp³-hybridized carbons (Fsp3) is 0.500. The molecule has 1 aromatic carbocycles. The van der Waals surface area contributed by atoms with Crippen molar-refractivity contribution in [2.24, 2.45) is 5.92 Å². The van der Waals surface area contributed by atoms with Crippen molar-refractivity contribution in [3.05, 3.63) is 30.3 Å². The van der Waals surface area contributed by atoms with Crippen LogP contribution in [-0.2, 0) is 19.6 Å². The number of hydrazine groups is 1. The number of imide groups is 1. The summed E-state index contributed by atoms with van der Waals surface area (Å²) in [5, 5.41) is 3.29. The highest BCUT2D eigenvalue weighted by molar-refractivity contribution is 7.89. The van der Waals surface area contributed by atoms with Gasteiger partial charge in [-0.05, 0) is 38.3 Å². The van der Waals surface area contributed by atoms with Gasteiger partial charge in [0, 0.05) is 19.0 Å². The lowest BCUT2D eigenvalue weighted by Crippen LogP contribution is -2.51. The Morgan fingerprint density at radius 3 is 2.36 bits per heavy atom. The standard InChI is InChI=1S/C18H24N4O5S/c1-3-18(2)16(24)22(17(25)19-18)20-15(23)13-9-11-21(12-10-13)28(26,27)14-7-5-4-6-8-14/h4-8,13H,3,9-12H2,1-2H3,(H,19,25)(H,20,23)/t18-/m0/s1. The van der Waals surface area contributed by atoms with Gasteiger partial charge in [-0.2, -0.15) is 9.31 Å². The average molecular weight is 408 g/mol. The average Bonchev–Trinajstić information content (AvgIpc) is 2.92. The van der Waals surface area contributed by atoms with E-state index in [4.69, 9.17) is 0 Å². The smallest absolute Gasteiger partial charge is 0.322 e. The van der Waals surface area contributed by atoms with E-state index in [1.54, 1.807) is 32.0 Å². The van der Waals surface area contributed by atoms with Gasteiger partial charge < -0.3 is 5.32 Å². The minimum Gasteiger partial charge on any atom is -0.322 e. The Bertz CT molecular complexity index is 880. The predicted octanol–water partition coefficient (Wildman–Crippen LogP) is 0.839. The van der Waals surface area contributed by atoms with Crippen LogP contribution in [0.1, 0.15) is 33.1 Å². The van der Waals surface area contributed by atoms with Crippen molar-refractivity contribution in [3.63, 3.8) is 0 Å². The van der Waals surface area contributed by atoms with Crippen molar-refractivity contribution in [3.8, 4) is 0 Å². The first-order valence-corrected chi connectivity index (χ1v) is 10.7. The molecular weight excluding hydrogens is 384 g/mol. The van der Waals surface area contributed by atoms with Crippen molar-refractivity contribution in [1.82, 2.24) is 20.1 Å². The fourth-order valence-corrected chi connectivity index (χ4v) is 4.82. The van der Waals surface area contributed by atoms with E-state index in [9.17, 15) is 22.8 Å². The number of hydrogen-bond acceptors (Lipinski definition) is 5. The zero-order chi connectivity index (χ0) is 20.5. The third-order valence-electron chi connectivity index (χ3n) is 5.40. The van der Waals surface area contributed by atoms with Gasteiger partial charge >= 0.3 is 6.03 Å². The highest BCUT2D eigenvalue weighted by Gasteiger charge is 2.48. The quantitative estimate of drug-likeness (QED) is 0.701. The molecule has 0 bridgehead atoms. The van der Waals surface area contributed by atoms with Crippen molar-refractivity contribution < 1.29 is 22.8 Å². The number of piperidine rings is 1. The van der Waals surface area contributed by atoms with Gasteiger partial charge in [-0.15, -0.1) is 0 Å². The lowest BCUT2D eigenvalue weighted by Gasteiger charge is -2.31. The summed E-state index contributed by atoms with van der Waals surface area (Å²) in [5.74, 6) is -1.44. The summed E-state index contributed by atoms with van der Waals surface area (Å²) in [6, 6.07) is 7.48. The number of amides is 4. The summed E-state index contributed by atoms with van der Waals surface area (Å²) in [5.41, 5.74) is 1.36. The molecule has 2 heterocycles. The van der Waals surface area contributed by atoms with E-state index >= 15 is 0 Å². The van der Waals surface area contributed by atoms with Crippen LogP contribution in [0, 0.1) is 5.92 Å². The van der Waals surface area contributed by atoms with Crippen molar-refractivity contribution in [2.75, 3.05) is 13.1 Å². The van der Waals surface area contributed by atoms with Gasteiger partial charge in [0.1, 0.15) is 5.54 Å². The molecule has 1 atom stereocenters. The molecule has 10 heteroatoms. The van der Waals surface area contributed by atoms with Gasteiger partial charge in [0.25, 0.3) is 5.91 Å². The molecule has 2 fully saturated rings. The minimum atomic E-state index is -3.60. The molecule has 1 aromatic rings. The molecule has 28 heavy (non-hydrogen) atoms. The summed E-state index contributed by atoms with van der Waals surface area (Å²) in [6.07, 6.45) is 1.03.